The lowest BCUT2D eigenvalue weighted by molar-refractivity contribution is -0.850. The van der Waals surface area contributed by atoms with Crippen LogP contribution in [0.3, 0.4) is 0 Å². The molecule has 0 unspecified atom stereocenters. The van der Waals surface area contributed by atoms with E-state index in [1.165, 1.54) is 5.70 Å². The van der Waals surface area contributed by atoms with Crippen molar-refractivity contribution in [1.29, 1.82) is 0 Å². The smallest absolute Gasteiger partial charge is 0.101 e. The summed E-state index contributed by atoms with van der Waals surface area (Å²) in [5, 5.41) is 0. The third-order valence-corrected chi connectivity index (χ3v) is 2.16. The molecule has 0 fully saturated rings. The summed E-state index contributed by atoms with van der Waals surface area (Å²) in [4.78, 5) is 0. The Labute approximate surface area is 58.6 Å². The van der Waals surface area contributed by atoms with E-state index in [0.717, 1.165) is 11.0 Å². The molecule has 0 rings (SSSR count). The molecule has 0 N–H and O–H groups in total. The average molecular weight is 128 g/mol. The molecule has 0 saturated heterocycles. The molecule has 0 aromatic heterocycles. The van der Waals surface area contributed by atoms with Gasteiger partial charge in [-0.15, -0.1) is 0 Å². The second kappa shape index (κ2) is 3.02. The average Bonchev–Trinajstić information content (AvgIpc) is 1.86. The second-order valence-electron chi connectivity index (χ2n) is 2.93. The van der Waals surface area contributed by atoms with Gasteiger partial charge in [0.15, 0.2) is 0 Å². The van der Waals surface area contributed by atoms with Crippen molar-refractivity contribution in [3.05, 3.63) is 11.8 Å². The summed E-state index contributed by atoms with van der Waals surface area (Å²) >= 11 is 0. The predicted molar refractivity (Wildman–Crippen MR) is 42.1 cm³/mol. The lowest BCUT2D eigenvalue weighted by atomic mass is 10.3. The Bertz CT molecular complexity index is 112. The Hall–Kier alpha value is -0.300. The third-order valence-electron chi connectivity index (χ3n) is 2.16. The summed E-state index contributed by atoms with van der Waals surface area (Å²) < 4.78 is 1.01. The number of quaternary nitrogens is 1. The van der Waals surface area contributed by atoms with E-state index >= 15 is 0 Å². The number of allylic oxidation sites excluding steroid dienone is 2. The van der Waals surface area contributed by atoms with Gasteiger partial charge in [0, 0.05) is 6.92 Å². The summed E-state index contributed by atoms with van der Waals surface area (Å²) in [5.41, 5.74) is 1.43. The first-order valence-electron chi connectivity index (χ1n) is 3.51. The van der Waals surface area contributed by atoms with E-state index in [4.69, 9.17) is 0 Å². The summed E-state index contributed by atoms with van der Waals surface area (Å²) in [6.07, 6.45) is 2.17. The van der Waals surface area contributed by atoms with Gasteiger partial charge in [-0.2, -0.15) is 0 Å². The van der Waals surface area contributed by atoms with Crippen LogP contribution in [0.4, 0.5) is 0 Å². The van der Waals surface area contributed by atoms with E-state index in [1.807, 2.05) is 0 Å². The third kappa shape index (κ3) is 2.19. The minimum atomic E-state index is 1.01. The molecule has 0 atom stereocenters. The van der Waals surface area contributed by atoms with Gasteiger partial charge >= 0.3 is 0 Å². The van der Waals surface area contributed by atoms with E-state index in [9.17, 15) is 0 Å². The van der Waals surface area contributed by atoms with Crippen molar-refractivity contribution in [3.63, 3.8) is 0 Å². The zero-order valence-corrected chi connectivity index (χ0v) is 7.23. The van der Waals surface area contributed by atoms with Gasteiger partial charge < -0.3 is 4.48 Å². The van der Waals surface area contributed by atoms with Gasteiger partial charge in [0.05, 0.1) is 20.6 Å². The molecule has 0 aromatic carbocycles. The molecule has 0 aliphatic carbocycles. The molecule has 1 nitrogen and oxygen atoms in total. The number of hydrogen-bond acceptors (Lipinski definition) is 0. The Morgan fingerprint density at radius 3 is 2.00 bits per heavy atom. The van der Waals surface area contributed by atoms with Crippen LogP contribution in [0.15, 0.2) is 11.8 Å². The molecule has 54 valence electrons. The molecule has 0 bridgehead atoms. The monoisotopic (exact) mass is 128 g/mol. The topological polar surface area (TPSA) is 0 Å². The maximum absolute atomic E-state index is 2.22. The second-order valence-corrected chi connectivity index (χ2v) is 2.93. The first kappa shape index (κ1) is 8.70. The van der Waals surface area contributed by atoms with Crippen LogP contribution in [0.25, 0.3) is 0 Å². The molecule has 0 heterocycles. The van der Waals surface area contributed by atoms with Gasteiger partial charge in [-0.25, -0.2) is 0 Å². The van der Waals surface area contributed by atoms with Gasteiger partial charge in [-0.1, -0.05) is 0 Å². The fourth-order valence-corrected chi connectivity index (χ4v) is 0.599. The zero-order chi connectivity index (χ0) is 7.49. The molecular formula is C8H18N+. The van der Waals surface area contributed by atoms with Crippen molar-refractivity contribution in [2.75, 3.05) is 20.6 Å². The van der Waals surface area contributed by atoms with Crippen molar-refractivity contribution < 1.29 is 4.48 Å². The predicted octanol–water partition coefficient (Wildman–Crippen LogP) is 2.01. The zero-order valence-electron chi connectivity index (χ0n) is 7.23. The van der Waals surface area contributed by atoms with Gasteiger partial charge in [0.2, 0.25) is 0 Å². The molecule has 0 radical (unpaired) electrons. The molecular weight excluding hydrogens is 110 g/mol. The maximum atomic E-state index is 2.22. The Kier molecular flexibility index (Phi) is 2.92. The maximum Gasteiger partial charge on any atom is 0.101 e. The molecule has 0 aliphatic heterocycles. The van der Waals surface area contributed by atoms with E-state index in [0.29, 0.717) is 0 Å². The first-order chi connectivity index (χ1) is 4.04. The number of nitrogens with zero attached hydrogens (tertiary/aromatic N) is 1. The van der Waals surface area contributed by atoms with E-state index in [1.54, 1.807) is 0 Å². The summed E-state index contributed by atoms with van der Waals surface area (Å²) in [6.45, 7) is 7.62. The highest BCUT2D eigenvalue weighted by Gasteiger charge is 2.12. The van der Waals surface area contributed by atoms with Crippen molar-refractivity contribution in [2.45, 2.75) is 20.8 Å². The highest BCUT2D eigenvalue weighted by atomic mass is 15.3. The van der Waals surface area contributed by atoms with Gasteiger partial charge in [0.25, 0.3) is 0 Å². The summed E-state index contributed by atoms with van der Waals surface area (Å²) in [6, 6.07) is 0. The molecule has 1 heteroatoms. The van der Waals surface area contributed by atoms with Gasteiger partial charge in [-0.05, 0) is 19.9 Å². The lowest BCUT2D eigenvalue weighted by Gasteiger charge is -2.27. The van der Waals surface area contributed by atoms with Crippen molar-refractivity contribution >= 4 is 0 Å². The Morgan fingerprint density at radius 2 is 1.89 bits per heavy atom. The highest BCUT2D eigenvalue weighted by Crippen LogP contribution is 2.08. The molecule has 0 amide bonds. The lowest BCUT2D eigenvalue weighted by Crippen LogP contribution is -2.36. The van der Waals surface area contributed by atoms with Crippen molar-refractivity contribution in [3.8, 4) is 0 Å². The van der Waals surface area contributed by atoms with Crippen LogP contribution >= 0.6 is 0 Å². The van der Waals surface area contributed by atoms with Crippen LogP contribution in [0.5, 0.6) is 0 Å². The number of hydrogen-bond donors (Lipinski definition) is 0. The first-order valence-corrected chi connectivity index (χ1v) is 3.51. The van der Waals surface area contributed by atoms with Gasteiger partial charge in [0.1, 0.15) is 5.70 Å². The minimum Gasteiger partial charge on any atom is -0.300 e. The fourth-order valence-electron chi connectivity index (χ4n) is 0.599. The van der Waals surface area contributed by atoms with Crippen LogP contribution in [-0.4, -0.2) is 25.1 Å². The molecule has 0 aromatic rings. The highest BCUT2D eigenvalue weighted by molar-refractivity contribution is 4.84. The Balaban J connectivity index is 4.14. The summed E-state index contributed by atoms with van der Waals surface area (Å²) in [5.74, 6) is 0. The molecule has 9 heavy (non-hydrogen) atoms. The SMILES string of the molecule is C/C=C(\C)[N+](C)(C)CC. The standard InChI is InChI=1S/C8H18N/c1-6-8(3)9(4,5)7-2/h6H,7H2,1-5H3/q+1/b8-6+. The van der Waals surface area contributed by atoms with E-state index in [2.05, 4.69) is 40.9 Å². The normalized spacial score (nSPS) is 14.1. The van der Waals surface area contributed by atoms with Crippen molar-refractivity contribution in [1.82, 2.24) is 0 Å². The minimum absolute atomic E-state index is 1.01. The number of rotatable bonds is 2. The van der Waals surface area contributed by atoms with Crippen LogP contribution in [0.1, 0.15) is 20.8 Å². The largest absolute Gasteiger partial charge is 0.300 e. The van der Waals surface area contributed by atoms with Crippen molar-refractivity contribution in [2.24, 2.45) is 0 Å². The van der Waals surface area contributed by atoms with E-state index < -0.39 is 0 Å². The molecule has 0 saturated carbocycles. The van der Waals surface area contributed by atoms with Gasteiger partial charge in [-0.3, -0.25) is 0 Å². The van der Waals surface area contributed by atoms with E-state index in [-0.39, 0.29) is 0 Å². The van der Waals surface area contributed by atoms with Crippen LogP contribution in [-0.2, 0) is 0 Å². The van der Waals surface area contributed by atoms with Crippen LogP contribution in [0, 0.1) is 0 Å². The summed E-state index contributed by atoms with van der Waals surface area (Å²) in [7, 11) is 4.44. The van der Waals surface area contributed by atoms with Crippen LogP contribution < -0.4 is 0 Å². The Morgan fingerprint density at radius 1 is 1.44 bits per heavy atom. The quantitative estimate of drug-likeness (QED) is 0.499. The van der Waals surface area contributed by atoms with Crippen LogP contribution in [0.2, 0.25) is 0 Å². The molecule has 0 aliphatic rings. The fraction of sp³-hybridized carbons (Fsp3) is 0.750. The molecule has 0 spiro atoms.